The van der Waals surface area contributed by atoms with Gasteiger partial charge in [0.1, 0.15) is 0 Å². The van der Waals surface area contributed by atoms with E-state index in [1.54, 1.807) is 0 Å². The Morgan fingerprint density at radius 3 is 2.43 bits per heavy atom. The molecular formula is C3H8N2OS. The Kier molecular flexibility index (Phi) is 3.83. The van der Waals surface area contributed by atoms with Gasteiger partial charge >= 0.3 is 0 Å². The van der Waals surface area contributed by atoms with Crippen LogP contribution in [0.1, 0.15) is 6.42 Å². The van der Waals surface area contributed by atoms with Gasteiger partial charge in [0.2, 0.25) is 5.91 Å². The first-order valence-corrected chi connectivity index (χ1v) is 2.92. The molecule has 0 aromatic heterocycles. The Bertz CT molecular complexity index is 66.0. The fourth-order valence-electron chi connectivity index (χ4n) is 0.160. The molecule has 0 spiro atoms. The Labute approximate surface area is 46.6 Å². The van der Waals surface area contributed by atoms with Crippen LogP contribution in [0.5, 0.6) is 0 Å². The molecule has 0 aromatic rings. The van der Waals surface area contributed by atoms with E-state index in [0.29, 0.717) is 12.2 Å². The highest BCUT2D eigenvalue weighted by Crippen LogP contribution is 1.87. The predicted octanol–water partition coefficient (Wildman–Crippen LogP) is -0.531. The van der Waals surface area contributed by atoms with Crippen molar-refractivity contribution < 1.29 is 4.79 Å². The molecule has 1 amide bonds. The minimum atomic E-state index is -0.294. The smallest absolute Gasteiger partial charge is 0.218 e. The highest BCUT2D eigenvalue weighted by atomic mass is 32.2. The van der Waals surface area contributed by atoms with Crippen molar-refractivity contribution in [3.8, 4) is 0 Å². The van der Waals surface area contributed by atoms with Crippen molar-refractivity contribution in [1.82, 2.24) is 0 Å². The topological polar surface area (TPSA) is 69.1 Å². The quantitative estimate of drug-likeness (QED) is 0.492. The van der Waals surface area contributed by atoms with E-state index < -0.39 is 0 Å². The molecule has 0 aliphatic carbocycles. The molecule has 0 atom stereocenters. The van der Waals surface area contributed by atoms with Crippen molar-refractivity contribution in [3.05, 3.63) is 0 Å². The predicted molar refractivity (Wildman–Crippen MR) is 30.5 cm³/mol. The van der Waals surface area contributed by atoms with E-state index in [9.17, 15) is 4.79 Å². The Morgan fingerprint density at radius 2 is 2.29 bits per heavy atom. The van der Waals surface area contributed by atoms with Crippen LogP contribution in [0.3, 0.4) is 0 Å². The van der Waals surface area contributed by atoms with E-state index in [1.165, 1.54) is 0 Å². The van der Waals surface area contributed by atoms with Crippen molar-refractivity contribution in [1.29, 1.82) is 0 Å². The first-order valence-electron chi connectivity index (χ1n) is 1.87. The summed E-state index contributed by atoms with van der Waals surface area (Å²) in [7, 11) is 0. The van der Waals surface area contributed by atoms with Gasteiger partial charge in [0.15, 0.2) is 0 Å². The SMILES string of the molecule is NSCCC(N)=O. The zero-order valence-corrected chi connectivity index (χ0v) is 4.70. The number of nitrogens with two attached hydrogens (primary N) is 2. The van der Waals surface area contributed by atoms with E-state index in [4.69, 9.17) is 10.9 Å². The zero-order chi connectivity index (χ0) is 5.70. The molecule has 0 radical (unpaired) electrons. The number of carbonyl (C=O) groups excluding carboxylic acids is 1. The van der Waals surface area contributed by atoms with Gasteiger partial charge in [0, 0.05) is 12.2 Å². The Morgan fingerprint density at radius 1 is 1.71 bits per heavy atom. The summed E-state index contributed by atoms with van der Waals surface area (Å²) in [5.74, 6) is 0.327. The van der Waals surface area contributed by atoms with Crippen molar-refractivity contribution >= 4 is 17.9 Å². The molecule has 0 aliphatic rings. The third kappa shape index (κ3) is 5.78. The maximum absolute atomic E-state index is 9.91. The average Bonchev–Trinajstić information content (AvgIpc) is 1.61. The summed E-state index contributed by atoms with van der Waals surface area (Å²) in [4.78, 5) is 9.91. The minimum absolute atomic E-state index is 0.294. The van der Waals surface area contributed by atoms with Crippen LogP contribution < -0.4 is 10.9 Å². The van der Waals surface area contributed by atoms with Gasteiger partial charge in [0.05, 0.1) is 0 Å². The van der Waals surface area contributed by atoms with Crippen LogP contribution >= 0.6 is 11.9 Å². The molecule has 3 nitrogen and oxygen atoms in total. The second-order valence-electron chi connectivity index (χ2n) is 1.09. The lowest BCUT2D eigenvalue weighted by Crippen LogP contribution is -2.11. The van der Waals surface area contributed by atoms with Crippen molar-refractivity contribution in [2.75, 3.05) is 5.75 Å². The van der Waals surface area contributed by atoms with E-state index in [1.807, 2.05) is 0 Å². The highest BCUT2D eigenvalue weighted by Gasteiger charge is 1.88. The average molecular weight is 120 g/mol. The highest BCUT2D eigenvalue weighted by molar-refractivity contribution is 7.97. The van der Waals surface area contributed by atoms with E-state index in [2.05, 4.69) is 0 Å². The molecule has 4 heteroatoms. The van der Waals surface area contributed by atoms with Gasteiger partial charge in [-0.15, -0.1) is 0 Å². The number of hydrogen-bond acceptors (Lipinski definition) is 3. The largest absolute Gasteiger partial charge is 0.370 e. The van der Waals surface area contributed by atoms with Gasteiger partial charge in [-0.1, -0.05) is 11.9 Å². The fourth-order valence-corrected chi connectivity index (χ4v) is 0.479. The third-order valence-electron chi connectivity index (χ3n) is 0.466. The van der Waals surface area contributed by atoms with Crippen LogP contribution in [0, 0.1) is 0 Å². The van der Waals surface area contributed by atoms with Gasteiger partial charge in [-0.2, -0.15) is 0 Å². The molecule has 0 heterocycles. The maximum atomic E-state index is 9.91. The van der Waals surface area contributed by atoms with Crippen LogP contribution in [0.2, 0.25) is 0 Å². The zero-order valence-electron chi connectivity index (χ0n) is 3.89. The monoisotopic (exact) mass is 120 g/mol. The van der Waals surface area contributed by atoms with Gasteiger partial charge < -0.3 is 5.73 Å². The molecular weight excluding hydrogens is 112 g/mol. The molecule has 0 saturated carbocycles. The number of carbonyl (C=O) groups is 1. The van der Waals surface area contributed by atoms with E-state index in [0.717, 1.165) is 11.9 Å². The minimum Gasteiger partial charge on any atom is -0.370 e. The lowest BCUT2D eigenvalue weighted by molar-refractivity contribution is -0.117. The third-order valence-corrected chi connectivity index (χ3v) is 0.906. The summed E-state index contributed by atoms with van der Waals surface area (Å²) in [5.41, 5.74) is 4.77. The number of rotatable bonds is 3. The van der Waals surface area contributed by atoms with Crippen LogP contribution in [-0.2, 0) is 4.79 Å². The second-order valence-corrected chi connectivity index (χ2v) is 1.83. The standard InChI is InChI=1S/C3H8N2OS/c4-3(6)1-2-7-5/h1-2,5H2,(H2,4,6). The summed E-state index contributed by atoms with van der Waals surface area (Å²) in [6.45, 7) is 0. The molecule has 0 aliphatic heterocycles. The molecule has 0 fully saturated rings. The molecule has 4 N–H and O–H groups in total. The van der Waals surface area contributed by atoms with Gasteiger partial charge in [0.25, 0.3) is 0 Å². The lowest BCUT2D eigenvalue weighted by Gasteiger charge is -1.86. The van der Waals surface area contributed by atoms with Crippen LogP contribution in [0.4, 0.5) is 0 Å². The molecule has 0 aromatic carbocycles. The molecule has 0 saturated heterocycles. The number of hydrogen-bond donors (Lipinski definition) is 2. The second kappa shape index (κ2) is 3.95. The first-order chi connectivity index (χ1) is 3.27. The van der Waals surface area contributed by atoms with Crippen molar-refractivity contribution in [2.24, 2.45) is 10.9 Å². The maximum Gasteiger partial charge on any atom is 0.218 e. The molecule has 7 heavy (non-hydrogen) atoms. The van der Waals surface area contributed by atoms with Crippen molar-refractivity contribution in [2.45, 2.75) is 6.42 Å². The van der Waals surface area contributed by atoms with E-state index in [-0.39, 0.29) is 5.91 Å². The molecule has 0 rings (SSSR count). The van der Waals surface area contributed by atoms with Crippen LogP contribution in [0.25, 0.3) is 0 Å². The summed E-state index contributed by atoms with van der Waals surface area (Å²) in [5, 5.41) is 4.99. The first kappa shape index (κ1) is 6.78. The Hall–Kier alpha value is -0.220. The summed E-state index contributed by atoms with van der Waals surface area (Å²) < 4.78 is 0. The molecule has 0 unspecified atom stereocenters. The summed E-state index contributed by atoms with van der Waals surface area (Å²) in [6, 6.07) is 0. The number of amides is 1. The van der Waals surface area contributed by atoms with Gasteiger partial charge in [-0.05, 0) is 0 Å². The van der Waals surface area contributed by atoms with Crippen LogP contribution in [0.15, 0.2) is 0 Å². The van der Waals surface area contributed by atoms with Crippen molar-refractivity contribution in [3.63, 3.8) is 0 Å². The van der Waals surface area contributed by atoms with Gasteiger partial charge in [-0.25, -0.2) is 0 Å². The Balaban J connectivity index is 2.82. The normalized spacial score (nSPS) is 8.71. The molecule has 42 valence electrons. The van der Waals surface area contributed by atoms with E-state index >= 15 is 0 Å². The summed E-state index contributed by atoms with van der Waals surface area (Å²) >= 11 is 1.13. The molecule has 0 bridgehead atoms. The lowest BCUT2D eigenvalue weighted by atomic mass is 10.5. The van der Waals surface area contributed by atoms with Gasteiger partial charge in [-0.3, -0.25) is 9.93 Å². The fraction of sp³-hybridized carbons (Fsp3) is 0.667. The summed E-state index contributed by atoms with van der Waals surface area (Å²) in [6.07, 6.45) is 0.376. The van der Waals surface area contributed by atoms with Crippen LogP contribution in [-0.4, -0.2) is 11.7 Å². The number of primary amides is 1.